The largest absolute Gasteiger partial charge is 0.270 e. The van der Waals surface area contributed by atoms with Gasteiger partial charge in [-0.25, -0.2) is 4.99 Å². The van der Waals surface area contributed by atoms with Crippen LogP contribution in [0.3, 0.4) is 0 Å². The van der Waals surface area contributed by atoms with E-state index in [1.165, 1.54) is 11.6 Å². The molecule has 1 atom stereocenters. The van der Waals surface area contributed by atoms with Crippen LogP contribution in [0.5, 0.6) is 0 Å². The van der Waals surface area contributed by atoms with Crippen molar-refractivity contribution in [2.75, 3.05) is 0 Å². The van der Waals surface area contributed by atoms with Crippen molar-refractivity contribution in [3.05, 3.63) is 11.5 Å². The Balaban J connectivity index is 2.83. The molecule has 0 aromatic carbocycles. The Morgan fingerprint density at radius 3 is 2.88 bits per heavy atom. The number of carbonyl (C=O) groups excluding carboxylic acids is 1. The van der Waals surface area contributed by atoms with E-state index in [0.717, 1.165) is 0 Å². The normalized spacial score (nSPS) is 26.5. The van der Waals surface area contributed by atoms with Crippen LogP contribution in [0.1, 0.15) is 0 Å². The highest BCUT2D eigenvalue weighted by Crippen LogP contribution is 1.90. The van der Waals surface area contributed by atoms with Gasteiger partial charge in [-0.3, -0.25) is 4.79 Å². The van der Waals surface area contributed by atoms with E-state index in [1.807, 2.05) is 0 Å². The standard InChI is InChI=1S/C4H3NOS2/c6-4-1-2-8(7)3-5-4/h1-3H. The molecule has 2 nitrogen and oxygen atoms in total. The van der Waals surface area contributed by atoms with Crippen LogP contribution in [0.4, 0.5) is 0 Å². The average molecular weight is 145 g/mol. The summed E-state index contributed by atoms with van der Waals surface area (Å²) in [7, 11) is -0.321. The van der Waals surface area contributed by atoms with E-state index in [-0.39, 0.29) is 15.4 Å². The highest BCUT2D eigenvalue weighted by atomic mass is 32.8. The van der Waals surface area contributed by atoms with Crippen LogP contribution in [-0.2, 0) is 25.4 Å². The van der Waals surface area contributed by atoms with Crippen molar-refractivity contribution in [1.29, 1.82) is 0 Å². The van der Waals surface area contributed by atoms with Crippen LogP contribution < -0.4 is 0 Å². The minimum absolute atomic E-state index is 0.210. The second-order valence-electron chi connectivity index (χ2n) is 1.20. The van der Waals surface area contributed by atoms with Gasteiger partial charge in [-0.1, -0.05) is 9.45 Å². The van der Waals surface area contributed by atoms with Gasteiger partial charge in [-0.2, -0.15) is 0 Å². The first kappa shape index (κ1) is 5.78. The van der Waals surface area contributed by atoms with Gasteiger partial charge in [-0.15, -0.1) is 0 Å². The zero-order valence-electron chi connectivity index (χ0n) is 3.90. The molecule has 0 N–H and O–H groups in total. The third kappa shape index (κ3) is 1.31. The molecule has 1 aliphatic heterocycles. The smallest absolute Gasteiger partial charge is 0.267 e. The fourth-order valence-electron chi connectivity index (χ4n) is 0.307. The summed E-state index contributed by atoms with van der Waals surface area (Å²) < 4.78 is 0. The van der Waals surface area contributed by atoms with Crippen molar-refractivity contribution in [1.82, 2.24) is 0 Å². The molecule has 42 valence electrons. The van der Waals surface area contributed by atoms with Crippen LogP contribution in [0, 0.1) is 0 Å². The molecule has 0 aliphatic carbocycles. The second-order valence-corrected chi connectivity index (χ2v) is 3.50. The molecule has 1 rings (SSSR count). The van der Waals surface area contributed by atoms with Gasteiger partial charge in [0.2, 0.25) is 0 Å². The van der Waals surface area contributed by atoms with Crippen LogP contribution in [-0.4, -0.2) is 11.5 Å². The number of hydrogen-bond acceptors (Lipinski definition) is 2. The third-order valence-corrected chi connectivity index (χ3v) is 1.94. The van der Waals surface area contributed by atoms with E-state index < -0.39 is 0 Å². The van der Waals surface area contributed by atoms with Gasteiger partial charge >= 0.3 is 0 Å². The lowest BCUT2D eigenvalue weighted by Gasteiger charge is -1.91. The zero-order valence-corrected chi connectivity index (χ0v) is 5.54. The van der Waals surface area contributed by atoms with E-state index in [9.17, 15) is 4.79 Å². The minimum atomic E-state index is -0.321. The van der Waals surface area contributed by atoms with Crippen molar-refractivity contribution in [3.63, 3.8) is 0 Å². The fraction of sp³-hybridized carbons (Fsp3) is 0. The second kappa shape index (κ2) is 2.28. The van der Waals surface area contributed by atoms with Crippen LogP contribution in [0.25, 0.3) is 0 Å². The van der Waals surface area contributed by atoms with Crippen LogP contribution in [0.2, 0.25) is 0 Å². The summed E-state index contributed by atoms with van der Waals surface area (Å²) in [4.78, 5) is 13.8. The van der Waals surface area contributed by atoms with Crippen molar-refractivity contribution >= 4 is 32.1 Å². The Bertz CT molecular complexity index is 156. The van der Waals surface area contributed by atoms with Crippen molar-refractivity contribution in [2.24, 2.45) is 4.99 Å². The van der Waals surface area contributed by atoms with Crippen LogP contribution >= 0.6 is 0 Å². The fourth-order valence-corrected chi connectivity index (χ4v) is 1.13. The zero-order chi connectivity index (χ0) is 5.98. The van der Waals surface area contributed by atoms with Gasteiger partial charge < -0.3 is 0 Å². The van der Waals surface area contributed by atoms with Crippen LogP contribution in [0.15, 0.2) is 16.5 Å². The molecule has 1 heterocycles. The minimum Gasteiger partial charge on any atom is -0.267 e. The molecule has 0 aromatic heterocycles. The van der Waals surface area contributed by atoms with Gasteiger partial charge in [0.25, 0.3) is 5.91 Å². The number of hydrogen-bond donors (Lipinski definition) is 0. The predicted octanol–water partition coefficient (Wildman–Crippen LogP) is 0.149. The Hall–Kier alpha value is -0.350. The maximum absolute atomic E-state index is 10.3. The predicted molar refractivity (Wildman–Crippen MR) is 37.4 cm³/mol. The number of rotatable bonds is 0. The lowest BCUT2D eigenvalue weighted by atomic mass is 10.6. The van der Waals surface area contributed by atoms with E-state index >= 15 is 0 Å². The molecular formula is C4H3NOS2. The number of amides is 1. The highest BCUT2D eigenvalue weighted by molar-refractivity contribution is 8.38. The van der Waals surface area contributed by atoms with Crippen molar-refractivity contribution < 1.29 is 4.79 Å². The van der Waals surface area contributed by atoms with Crippen molar-refractivity contribution in [3.8, 4) is 0 Å². The number of carbonyl (C=O) groups is 1. The lowest BCUT2D eigenvalue weighted by molar-refractivity contribution is -0.113. The summed E-state index contributed by atoms with van der Waals surface area (Å²) >= 11 is 4.78. The Labute approximate surface area is 53.9 Å². The summed E-state index contributed by atoms with van der Waals surface area (Å²) in [5.41, 5.74) is 1.48. The van der Waals surface area contributed by atoms with E-state index in [0.29, 0.717) is 0 Å². The molecule has 0 spiro atoms. The Morgan fingerprint density at radius 1 is 1.75 bits per heavy atom. The van der Waals surface area contributed by atoms with Crippen molar-refractivity contribution in [2.45, 2.75) is 0 Å². The Kier molecular flexibility index (Phi) is 1.65. The molecule has 0 fully saturated rings. The third-order valence-electron chi connectivity index (χ3n) is 0.629. The molecule has 1 aliphatic rings. The monoisotopic (exact) mass is 145 g/mol. The molecule has 0 aromatic rings. The summed E-state index contributed by atoms with van der Waals surface area (Å²) in [6, 6.07) is 0. The molecule has 0 saturated carbocycles. The van der Waals surface area contributed by atoms with Gasteiger partial charge in [0.1, 0.15) is 0 Å². The average Bonchev–Trinajstić information content (AvgIpc) is 1.77. The molecule has 0 saturated heterocycles. The molecule has 0 radical (unpaired) electrons. The highest BCUT2D eigenvalue weighted by Gasteiger charge is 1.95. The molecule has 1 amide bonds. The Morgan fingerprint density at radius 2 is 2.50 bits per heavy atom. The molecule has 8 heavy (non-hydrogen) atoms. The topological polar surface area (TPSA) is 29.4 Å². The maximum atomic E-state index is 10.3. The number of aliphatic imine (C=N–C) groups is 1. The lowest BCUT2D eigenvalue weighted by Crippen LogP contribution is -1.96. The molecular weight excluding hydrogens is 142 g/mol. The van der Waals surface area contributed by atoms with E-state index in [2.05, 4.69) is 4.99 Å². The summed E-state index contributed by atoms with van der Waals surface area (Å²) in [5, 5.41) is 1.67. The summed E-state index contributed by atoms with van der Waals surface area (Å²) in [6.07, 6.45) is 1.40. The quantitative estimate of drug-likeness (QED) is 0.485. The van der Waals surface area contributed by atoms with Gasteiger partial charge in [-0.05, 0) is 16.6 Å². The first-order valence-corrected chi connectivity index (χ1v) is 4.22. The summed E-state index contributed by atoms with van der Waals surface area (Å²) in [5.74, 6) is -0.210. The summed E-state index contributed by atoms with van der Waals surface area (Å²) in [6.45, 7) is 0. The van der Waals surface area contributed by atoms with Gasteiger partial charge in [0.15, 0.2) is 0 Å². The number of nitrogens with zero attached hydrogens (tertiary/aromatic N) is 1. The molecule has 1 unspecified atom stereocenters. The first-order chi connectivity index (χ1) is 3.79. The van der Waals surface area contributed by atoms with Gasteiger partial charge in [0.05, 0.1) is 5.55 Å². The SMILES string of the molecule is O=C1C=CS(=S)C=N1. The molecule has 0 bridgehead atoms. The van der Waals surface area contributed by atoms with E-state index in [4.69, 9.17) is 11.2 Å². The van der Waals surface area contributed by atoms with Gasteiger partial charge in [0, 0.05) is 6.08 Å². The van der Waals surface area contributed by atoms with E-state index in [1.54, 1.807) is 5.41 Å². The first-order valence-electron chi connectivity index (χ1n) is 1.95. The molecule has 4 heteroatoms. The maximum Gasteiger partial charge on any atom is 0.270 e.